The van der Waals surface area contributed by atoms with E-state index in [0.29, 0.717) is 0 Å². The molecule has 0 radical (unpaired) electrons. The Kier molecular flexibility index (Phi) is 2.55. The van der Waals surface area contributed by atoms with E-state index >= 15 is 0 Å². The lowest BCUT2D eigenvalue weighted by atomic mass is 9.84. The molecule has 1 aliphatic rings. The van der Waals surface area contributed by atoms with Gasteiger partial charge in [-0.2, -0.15) is 5.26 Å². The van der Waals surface area contributed by atoms with E-state index in [1.54, 1.807) is 18.2 Å². The van der Waals surface area contributed by atoms with Crippen molar-refractivity contribution in [2.75, 3.05) is 0 Å². The van der Waals surface area contributed by atoms with Crippen LogP contribution in [0.1, 0.15) is 18.4 Å². The van der Waals surface area contributed by atoms with Gasteiger partial charge in [0, 0.05) is 12.8 Å². The molecule has 1 aliphatic carbocycles. The van der Waals surface area contributed by atoms with Gasteiger partial charge < -0.3 is 0 Å². The minimum absolute atomic E-state index is 0.108. The maximum Gasteiger partial charge on any atom is 0.198 e. The highest BCUT2D eigenvalue weighted by molar-refractivity contribution is 7.93. The third-order valence-corrected chi connectivity index (χ3v) is 5.32. The van der Waals surface area contributed by atoms with Crippen LogP contribution in [0, 0.1) is 18.3 Å². The molecule has 0 saturated heterocycles. The van der Waals surface area contributed by atoms with Crippen LogP contribution >= 0.6 is 0 Å². The topological polar surface area (TPSA) is 75.0 Å². The van der Waals surface area contributed by atoms with Crippen molar-refractivity contribution in [3.05, 3.63) is 29.8 Å². The number of aryl methyl sites for hydroxylation is 1. The Bertz CT molecular complexity index is 600. The van der Waals surface area contributed by atoms with E-state index in [2.05, 4.69) is 0 Å². The second-order valence-electron chi connectivity index (χ2n) is 4.31. The fourth-order valence-electron chi connectivity index (χ4n) is 1.86. The third kappa shape index (κ3) is 1.65. The molecule has 2 rings (SSSR count). The quantitative estimate of drug-likeness (QED) is 0.793. The lowest BCUT2D eigenvalue weighted by molar-refractivity contribution is -0.124. The number of nitrogens with zero attached hydrogens (tertiary/aromatic N) is 1. The zero-order chi connectivity index (χ0) is 12.7. The van der Waals surface area contributed by atoms with Gasteiger partial charge in [-0.05, 0) is 19.1 Å². The van der Waals surface area contributed by atoms with Crippen molar-refractivity contribution >= 4 is 15.6 Å². The van der Waals surface area contributed by atoms with E-state index in [9.17, 15) is 13.2 Å². The van der Waals surface area contributed by atoms with Crippen LogP contribution in [-0.4, -0.2) is 18.9 Å². The average Bonchev–Trinajstić information content (AvgIpc) is 2.24. The molecule has 1 aromatic carbocycles. The molecule has 0 heterocycles. The van der Waals surface area contributed by atoms with E-state index < -0.39 is 14.6 Å². The van der Waals surface area contributed by atoms with Crippen LogP contribution in [-0.2, 0) is 14.6 Å². The summed E-state index contributed by atoms with van der Waals surface area (Å²) >= 11 is 0. The summed E-state index contributed by atoms with van der Waals surface area (Å²) in [6.07, 6.45) is -0.389. The number of benzene rings is 1. The Hall–Kier alpha value is -1.67. The van der Waals surface area contributed by atoms with Crippen molar-refractivity contribution in [2.24, 2.45) is 0 Å². The Labute approximate surface area is 99.8 Å². The van der Waals surface area contributed by atoms with E-state index in [0.717, 1.165) is 5.56 Å². The molecule has 1 aromatic rings. The first-order valence-corrected chi connectivity index (χ1v) is 6.64. The molecule has 0 aliphatic heterocycles. The average molecular weight is 249 g/mol. The molecule has 0 N–H and O–H groups in total. The third-order valence-electron chi connectivity index (χ3n) is 3.01. The summed E-state index contributed by atoms with van der Waals surface area (Å²) in [5.41, 5.74) is 0.944. The standard InChI is InChI=1S/C12H11NO3S/c1-9-2-4-11(5-3-9)17(15,16)12(8-13)6-10(14)7-12/h2-5H,6-7H2,1H3. The molecule has 1 saturated carbocycles. The summed E-state index contributed by atoms with van der Waals surface area (Å²) in [5.74, 6) is -0.178. The number of sulfone groups is 1. The predicted octanol–water partition coefficient (Wildman–Crippen LogP) is 1.39. The Morgan fingerprint density at radius 3 is 2.18 bits per heavy atom. The number of Topliss-reactive ketones (excluding diaryl/α,β-unsaturated/α-hetero) is 1. The van der Waals surface area contributed by atoms with E-state index in [-0.39, 0.29) is 23.5 Å². The monoisotopic (exact) mass is 249 g/mol. The normalized spacial score (nSPS) is 18.2. The van der Waals surface area contributed by atoms with Crippen molar-refractivity contribution < 1.29 is 13.2 Å². The maximum atomic E-state index is 12.2. The minimum Gasteiger partial charge on any atom is -0.300 e. The van der Waals surface area contributed by atoms with Crippen LogP contribution in [0.3, 0.4) is 0 Å². The zero-order valence-corrected chi connectivity index (χ0v) is 10.1. The van der Waals surface area contributed by atoms with E-state index in [4.69, 9.17) is 5.26 Å². The minimum atomic E-state index is -3.75. The summed E-state index contributed by atoms with van der Waals surface area (Å²) < 4.78 is 23.0. The largest absolute Gasteiger partial charge is 0.300 e. The van der Waals surface area contributed by atoms with Gasteiger partial charge in [0.25, 0.3) is 0 Å². The summed E-state index contributed by atoms with van der Waals surface area (Å²) in [6, 6.07) is 8.11. The van der Waals surface area contributed by atoms with Gasteiger partial charge in [-0.25, -0.2) is 8.42 Å². The van der Waals surface area contributed by atoms with Gasteiger partial charge in [-0.3, -0.25) is 4.79 Å². The first-order valence-electron chi connectivity index (χ1n) is 5.15. The first-order chi connectivity index (χ1) is 7.91. The Balaban J connectivity index is 2.47. The summed E-state index contributed by atoms with van der Waals surface area (Å²) in [4.78, 5) is 11.1. The number of carbonyl (C=O) groups excluding carboxylic acids is 1. The van der Waals surface area contributed by atoms with Gasteiger partial charge in [0.1, 0.15) is 5.78 Å². The van der Waals surface area contributed by atoms with Gasteiger partial charge in [-0.1, -0.05) is 17.7 Å². The second-order valence-corrected chi connectivity index (χ2v) is 6.57. The van der Waals surface area contributed by atoms with Crippen molar-refractivity contribution in [1.29, 1.82) is 5.26 Å². The van der Waals surface area contributed by atoms with E-state index in [1.165, 1.54) is 12.1 Å². The summed E-state index contributed by atoms with van der Waals surface area (Å²) in [6.45, 7) is 1.85. The molecule has 4 nitrogen and oxygen atoms in total. The molecular weight excluding hydrogens is 238 g/mol. The molecule has 88 valence electrons. The smallest absolute Gasteiger partial charge is 0.198 e. The van der Waals surface area contributed by atoms with Crippen LogP contribution in [0.4, 0.5) is 0 Å². The highest BCUT2D eigenvalue weighted by Gasteiger charge is 2.55. The highest BCUT2D eigenvalue weighted by Crippen LogP contribution is 2.39. The Morgan fingerprint density at radius 1 is 1.24 bits per heavy atom. The second kappa shape index (κ2) is 3.67. The molecule has 1 fully saturated rings. The summed E-state index contributed by atoms with van der Waals surface area (Å²) in [7, 11) is -3.75. The highest BCUT2D eigenvalue weighted by atomic mass is 32.2. The first kappa shape index (κ1) is 11.8. The number of hydrogen-bond acceptors (Lipinski definition) is 4. The number of hydrogen-bond donors (Lipinski definition) is 0. The lowest BCUT2D eigenvalue weighted by Crippen LogP contribution is -2.49. The molecule has 17 heavy (non-hydrogen) atoms. The van der Waals surface area contributed by atoms with Crippen LogP contribution in [0.15, 0.2) is 29.2 Å². The molecule has 0 atom stereocenters. The van der Waals surface area contributed by atoms with Crippen molar-refractivity contribution in [3.8, 4) is 6.07 Å². The Morgan fingerprint density at radius 2 is 1.76 bits per heavy atom. The van der Waals surface area contributed by atoms with Crippen molar-refractivity contribution in [2.45, 2.75) is 29.4 Å². The number of rotatable bonds is 2. The molecule has 0 bridgehead atoms. The van der Waals surface area contributed by atoms with Gasteiger partial charge in [0.15, 0.2) is 14.6 Å². The number of nitriles is 1. The van der Waals surface area contributed by atoms with Crippen LogP contribution < -0.4 is 0 Å². The van der Waals surface area contributed by atoms with Crippen LogP contribution in [0.2, 0.25) is 0 Å². The van der Waals surface area contributed by atoms with E-state index in [1.807, 2.05) is 6.92 Å². The number of carbonyl (C=O) groups is 1. The molecule has 0 spiro atoms. The van der Waals surface area contributed by atoms with Gasteiger partial charge in [-0.15, -0.1) is 0 Å². The number of ketones is 1. The molecule has 5 heteroatoms. The zero-order valence-electron chi connectivity index (χ0n) is 9.30. The predicted molar refractivity (Wildman–Crippen MR) is 60.9 cm³/mol. The molecular formula is C12H11NO3S. The summed E-state index contributed by atoms with van der Waals surface area (Å²) in [5, 5.41) is 9.02. The fourth-order valence-corrected chi connectivity index (χ4v) is 3.63. The maximum absolute atomic E-state index is 12.2. The van der Waals surface area contributed by atoms with Crippen LogP contribution in [0.25, 0.3) is 0 Å². The molecule has 0 aromatic heterocycles. The molecule has 0 amide bonds. The fraction of sp³-hybridized carbons (Fsp3) is 0.333. The SMILES string of the molecule is Cc1ccc(S(=O)(=O)C2(C#N)CC(=O)C2)cc1. The van der Waals surface area contributed by atoms with Crippen molar-refractivity contribution in [3.63, 3.8) is 0 Å². The van der Waals surface area contributed by atoms with Gasteiger partial charge in [0.05, 0.1) is 11.0 Å². The lowest BCUT2D eigenvalue weighted by Gasteiger charge is -2.32. The van der Waals surface area contributed by atoms with Crippen LogP contribution in [0.5, 0.6) is 0 Å². The van der Waals surface area contributed by atoms with Crippen molar-refractivity contribution in [1.82, 2.24) is 0 Å². The molecule has 0 unspecified atom stereocenters. The van der Waals surface area contributed by atoms with Gasteiger partial charge in [0.2, 0.25) is 0 Å². The van der Waals surface area contributed by atoms with Gasteiger partial charge >= 0.3 is 0 Å².